The van der Waals surface area contributed by atoms with E-state index in [-0.39, 0.29) is 11.9 Å². The summed E-state index contributed by atoms with van der Waals surface area (Å²) in [6.45, 7) is 0.896. The molecule has 0 aromatic heterocycles. The molecule has 110 valence electrons. The molecule has 2 N–H and O–H groups in total. The minimum atomic E-state index is -0.131. The van der Waals surface area contributed by atoms with E-state index in [0.29, 0.717) is 17.2 Å². The molecule has 1 atom stereocenters. The van der Waals surface area contributed by atoms with Crippen LogP contribution in [0.3, 0.4) is 0 Å². The highest BCUT2D eigenvalue weighted by molar-refractivity contribution is 5.96. The van der Waals surface area contributed by atoms with Crippen molar-refractivity contribution in [2.24, 2.45) is 0 Å². The quantitative estimate of drug-likeness (QED) is 0.886. The number of carbonyl (C=O) groups is 1. The SMILES string of the molecule is COc1ccc(OC)c(NC(=O)C2CCCCCN2)c1. The molecule has 20 heavy (non-hydrogen) atoms. The molecule has 1 aliphatic heterocycles. The summed E-state index contributed by atoms with van der Waals surface area (Å²) in [6.07, 6.45) is 4.27. The van der Waals surface area contributed by atoms with E-state index in [0.717, 1.165) is 25.8 Å². The fourth-order valence-corrected chi connectivity index (χ4v) is 2.38. The standard InChI is InChI=1S/C15H22N2O3/c1-19-11-7-8-14(20-2)13(10-11)17-15(18)12-6-4-3-5-9-16-12/h7-8,10,12,16H,3-6,9H2,1-2H3,(H,17,18). The highest BCUT2D eigenvalue weighted by atomic mass is 16.5. The van der Waals surface area contributed by atoms with Crippen LogP contribution in [0.2, 0.25) is 0 Å². The Labute approximate surface area is 119 Å². The van der Waals surface area contributed by atoms with Crippen molar-refractivity contribution < 1.29 is 14.3 Å². The molecule has 1 aromatic carbocycles. The van der Waals surface area contributed by atoms with Crippen LogP contribution in [0.15, 0.2) is 18.2 Å². The molecule has 0 radical (unpaired) electrons. The minimum absolute atomic E-state index is 0.0153. The van der Waals surface area contributed by atoms with Gasteiger partial charge < -0.3 is 20.1 Å². The van der Waals surface area contributed by atoms with Gasteiger partial charge in [-0.2, -0.15) is 0 Å². The lowest BCUT2D eigenvalue weighted by atomic mass is 10.1. The zero-order valence-electron chi connectivity index (χ0n) is 12.1. The van der Waals surface area contributed by atoms with E-state index in [1.807, 2.05) is 0 Å². The molecule has 1 aliphatic rings. The normalized spacial score (nSPS) is 19.0. The monoisotopic (exact) mass is 278 g/mol. The van der Waals surface area contributed by atoms with Crippen molar-refractivity contribution in [3.05, 3.63) is 18.2 Å². The first-order valence-corrected chi connectivity index (χ1v) is 7.01. The molecule has 0 bridgehead atoms. The largest absolute Gasteiger partial charge is 0.497 e. The van der Waals surface area contributed by atoms with Crippen molar-refractivity contribution in [1.29, 1.82) is 0 Å². The molecule has 1 saturated heterocycles. The number of ether oxygens (including phenoxy) is 2. The Bertz CT molecular complexity index is 454. The highest BCUT2D eigenvalue weighted by Crippen LogP contribution is 2.29. The first kappa shape index (κ1) is 14.7. The summed E-state index contributed by atoms with van der Waals surface area (Å²) >= 11 is 0. The third-order valence-corrected chi connectivity index (χ3v) is 3.54. The van der Waals surface area contributed by atoms with Gasteiger partial charge in [-0.3, -0.25) is 4.79 Å². The van der Waals surface area contributed by atoms with E-state index in [9.17, 15) is 4.79 Å². The Kier molecular flexibility index (Phi) is 5.24. The lowest BCUT2D eigenvalue weighted by Gasteiger charge is -2.17. The van der Waals surface area contributed by atoms with Crippen LogP contribution >= 0.6 is 0 Å². The predicted molar refractivity (Wildman–Crippen MR) is 78.4 cm³/mol. The van der Waals surface area contributed by atoms with Crippen molar-refractivity contribution in [2.75, 3.05) is 26.1 Å². The summed E-state index contributed by atoms with van der Waals surface area (Å²) in [5, 5.41) is 6.21. The van der Waals surface area contributed by atoms with Crippen LogP contribution in [0.4, 0.5) is 5.69 Å². The number of anilines is 1. The summed E-state index contributed by atoms with van der Waals surface area (Å²) in [6, 6.07) is 5.23. The molecular weight excluding hydrogens is 256 g/mol. The van der Waals surface area contributed by atoms with Crippen LogP contribution in [0.1, 0.15) is 25.7 Å². The van der Waals surface area contributed by atoms with Gasteiger partial charge in [0.2, 0.25) is 5.91 Å². The Morgan fingerprint density at radius 2 is 2.10 bits per heavy atom. The molecule has 5 heteroatoms. The number of nitrogens with one attached hydrogen (secondary N) is 2. The van der Waals surface area contributed by atoms with Crippen LogP contribution in [0, 0.1) is 0 Å². The van der Waals surface area contributed by atoms with Gasteiger partial charge in [-0.05, 0) is 31.5 Å². The first-order valence-electron chi connectivity index (χ1n) is 7.01. The van der Waals surface area contributed by atoms with Crippen molar-refractivity contribution in [3.8, 4) is 11.5 Å². The van der Waals surface area contributed by atoms with Gasteiger partial charge in [-0.1, -0.05) is 12.8 Å². The number of amides is 1. The van der Waals surface area contributed by atoms with Crippen molar-refractivity contribution in [1.82, 2.24) is 5.32 Å². The third-order valence-electron chi connectivity index (χ3n) is 3.54. The van der Waals surface area contributed by atoms with Crippen LogP contribution < -0.4 is 20.1 Å². The van der Waals surface area contributed by atoms with Gasteiger partial charge in [0.15, 0.2) is 0 Å². The number of methoxy groups -OCH3 is 2. The Hall–Kier alpha value is -1.75. The maximum atomic E-state index is 12.3. The Balaban J connectivity index is 2.09. The number of carbonyl (C=O) groups excluding carboxylic acids is 1. The number of hydrogen-bond acceptors (Lipinski definition) is 4. The number of rotatable bonds is 4. The van der Waals surface area contributed by atoms with E-state index in [4.69, 9.17) is 9.47 Å². The average molecular weight is 278 g/mol. The second-order valence-electron chi connectivity index (χ2n) is 4.91. The molecule has 5 nitrogen and oxygen atoms in total. The number of benzene rings is 1. The van der Waals surface area contributed by atoms with E-state index in [1.54, 1.807) is 32.4 Å². The first-order chi connectivity index (χ1) is 9.74. The lowest BCUT2D eigenvalue weighted by molar-refractivity contribution is -0.118. The smallest absolute Gasteiger partial charge is 0.241 e. The topological polar surface area (TPSA) is 59.6 Å². The zero-order chi connectivity index (χ0) is 14.4. The molecule has 0 spiro atoms. The minimum Gasteiger partial charge on any atom is -0.497 e. The molecule has 0 saturated carbocycles. The Morgan fingerprint density at radius 1 is 1.25 bits per heavy atom. The maximum Gasteiger partial charge on any atom is 0.241 e. The molecule has 1 amide bonds. The summed E-state index contributed by atoms with van der Waals surface area (Å²) in [4.78, 5) is 12.3. The predicted octanol–water partition coefficient (Wildman–Crippen LogP) is 2.17. The molecule has 2 rings (SSSR count). The highest BCUT2D eigenvalue weighted by Gasteiger charge is 2.20. The van der Waals surface area contributed by atoms with Gasteiger partial charge in [0.25, 0.3) is 0 Å². The third kappa shape index (κ3) is 3.63. The van der Waals surface area contributed by atoms with Gasteiger partial charge in [0.1, 0.15) is 11.5 Å². The van der Waals surface area contributed by atoms with Gasteiger partial charge in [0.05, 0.1) is 25.9 Å². The van der Waals surface area contributed by atoms with E-state index in [2.05, 4.69) is 10.6 Å². The molecule has 0 aliphatic carbocycles. The van der Waals surface area contributed by atoms with Gasteiger partial charge in [-0.25, -0.2) is 0 Å². The van der Waals surface area contributed by atoms with Crippen molar-refractivity contribution >= 4 is 11.6 Å². The van der Waals surface area contributed by atoms with E-state index < -0.39 is 0 Å². The van der Waals surface area contributed by atoms with Gasteiger partial charge in [-0.15, -0.1) is 0 Å². The maximum absolute atomic E-state index is 12.3. The Morgan fingerprint density at radius 3 is 2.85 bits per heavy atom. The average Bonchev–Trinajstić information content (AvgIpc) is 2.76. The fraction of sp³-hybridized carbons (Fsp3) is 0.533. The molecule has 1 aromatic rings. The summed E-state index contributed by atoms with van der Waals surface area (Å²) in [5.41, 5.74) is 0.642. The van der Waals surface area contributed by atoms with Gasteiger partial charge in [0, 0.05) is 6.07 Å². The second-order valence-corrected chi connectivity index (χ2v) is 4.91. The van der Waals surface area contributed by atoms with Crippen LogP contribution in [-0.2, 0) is 4.79 Å². The zero-order valence-corrected chi connectivity index (χ0v) is 12.1. The summed E-state index contributed by atoms with van der Waals surface area (Å²) < 4.78 is 10.4. The molecule has 1 heterocycles. The van der Waals surface area contributed by atoms with Crippen LogP contribution in [0.5, 0.6) is 11.5 Å². The summed E-state index contributed by atoms with van der Waals surface area (Å²) in [5.74, 6) is 1.31. The molecule has 1 unspecified atom stereocenters. The molecule has 1 fully saturated rings. The van der Waals surface area contributed by atoms with Crippen molar-refractivity contribution in [2.45, 2.75) is 31.7 Å². The number of hydrogen-bond donors (Lipinski definition) is 2. The van der Waals surface area contributed by atoms with Crippen molar-refractivity contribution in [3.63, 3.8) is 0 Å². The van der Waals surface area contributed by atoms with E-state index >= 15 is 0 Å². The van der Waals surface area contributed by atoms with Gasteiger partial charge >= 0.3 is 0 Å². The van der Waals surface area contributed by atoms with Crippen LogP contribution in [0.25, 0.3) is 0 Å². The molecular formula is C15H22N2O3. The second kappa shape index (κ2) is 7.14. The summed E-state index contributed by atoms with van der Waals surface area (Å²) in [7, 11) is 3.18. The van der Waals surface area contributed by atoms with Crippen LogP contribution in [-0.4, -0.2) is 32.7 Å². The van der Waals surface area contributed by atoms with E-state index in [1.165, 1.54) is 6.42 Å². The fourth-order valence-electron chi connectivity index (χ4n) is 2.38. The lowest BCUT2D eigenvalue weighted by Crippen LogP contribution is -2.39.